The topological polar surface area (TPSA) is 26.0 Å². The van der Waals surface area contributed by atoms with Crippen LogP contribution in [0.2, 0.25) is 5.02 Å². The molecule has 0 N–H and O–H groups in total. The molecule has 0 aliphatic rings. The van der Waals surface area contributed by atoms with Crippen molar-refractivity contribution in [1.29, 1.82) is 0 Å². The Labute approximate surface area is 88.7 Å². The Morgan fingerprint density at radius 2 is 2.23 bits per heavy atom. The highest BCUT2D eigenvalue weighted by Crippen LogP contribution is 2.28. The predicted molar refractivity (Wildman–Crippen MR) is 54.6 cm³/mol. The van der Waals surface area contributed by atoms with Crippen molar-refractivity contribution in [3.8, 4) is 11.3 Å². The lowest BCUT2D eigenvalue weighted by molar-refractivity contribution is 0.572. The third kappa shape index (κ3) is 1.76. The molecule has 0 radical (unpaired) electrons. The van der Waals surface area contributed by atoms with Crippen LogP contribution in [0.25, 0.3) is 11.3 Å². The molecule has 0 spiro atoms. The molecule has 0 fully saturated rings. The lowest BCUT2D eigenvalue weighted by atomic mass is 10.2. The molecule has 2 nitrogen and oxygen atoms in total. The lowest BCUT2D eigenvalue weighted by Gasteiger charge is -1.98. The molecule has 0 atom stereocenters. The van der Waals surface area contributed by atoms with Crippen LogP contribution in [0.5, 0.6) is 0 Å². The number of hydrogen-bond acceptors (Lipinski definition) is 2. The normalized spacial score (nSPS) is 10.3. The maximum atomic E-state index is 5.85. The summed E-state index contributed by atoms with van der Waals surface area (Å²) in [7, 11) is 0. The van der Waals surface area contributed by atoms with E-state index in [4.69, 9.17) is 16.0 Å². The number of nitrogens with zero attached hydrogens (tertiary/aromatic N) is 1. The number of halogens is 2. The molecule has 1 aromatic carbocycles. The molecule has 0 amide bonds. The van der Waals surface area contributed by atoms with Gasteiger partial charge in [-0.1, -0.05) is 11.6 Å². The van der Waals surface area contributed by atoms with E-state index >= 15 is 0 Å². The van der Waals surface area contributed by atoms with Gasteiger partial charge in [0.1, 0.15) is 0 Å². The summed E-state index contributed by atoms with van der Waals surface area (Å²) in [5, 5.41) is 0.684. The summed E-state index contributed by atoms with van der Waals surface area (Å²) in [5.41, 5.74) is 0.953. The highest BCUT2D eigenvalue weighted by molar-refractivity contribution is 9.10. The number of benzene rings is 1. The van der Waals surface area contributed by atoms with E-state index in [1.54, 1.807) is 6.20 Å². The molecule has 2 aromatic rings. The van der Waals surface area contributed by atoms with Crippen molar-refractivity contribution in [3.05, 3.63) is 40.3 Å². The summed E-state index contributed by atoms with van der Waals surface area (Å²) in [6, 6.07) is 5.58. The average molecular weight is 259 g/mol. The molecule has 0 saturated carbocycles. The molecule has 0 aliphatic carbocycles. The van der Waals surface area contributed by atoms with Crippen LogP contribution in [0.3, 0.4) is 0 Å². The van der Waals surface area contributed by atoms with Crippen molar-refractivity contribution >= 4 is 27.5 Å². The van der Waals surface area contributed by atoms with Gasteiger partial charge >= 0.3 is 0 Å². The highest BCUT2D eigenvalue weighted by atomic mass is 79.9. The summed E-state index contributed by atoms with van der Waals surface area (Å²) in [4.78, 5) is 3.84. The van der Waals surface area contributed by atoms with E-state index in [1.807, 2.05) is 18.2 Å². The molecule has 0 aliphatic heterocycles. The van der Waals surface area contributed by atoms with E-state index in [2.05, 4.69) is 20.9 Å². The van der Waals surface area contributed by atoms with Crippen LogP contribution < -0.4 is 0 Å². The fourth-order valence-corrected chi connectivity index (χ4v) is 1.50. The van der Waals surface area contributed by atoms with Crippen LogP contribution in [0.4, 0.5) is 0 Å². The van der Waals surface area contributed by atoms with E-state index in [1.165, 1.54) is 6.39 Å². The molecule has 13 heavy (non-hydrogen) atoms. The maximum absolute atomic E-state index is 5.85. The van der Waals surface area contributed by atoms with Gasteiger partial charge in [0.2, 0.25) is 0 Å². The Morgan fingerprint density at radius 3 is 2.85 bits per heavy atom. The Morgan fingerprint density at radius 1 is 1.38 bits per heavy atom. The number of hydrogen-bond donors (Lipinski definition) is 0. The van der Waals surface area contributed by atoms with Gasteiger partial charge in [-0.25, -0.2) is 4.98 Å². The molecule has 0 saturated heterocycles. The van der Waals surface area contributed by atoms with Crippen LogP contribution in [0.15, 0.2) is 39.7 Å². The number of oxazole rings is 1. The number of aromatic nitrogens is 1. The highest BCUT2D eigenvalue weighted by Gasteiger charge is 2.03. The maximum Gasteiger partial charge on any atom is 0.181 e. The number of rotatable bonds is 1. The van der Waals surface area contributed by atoms with E-state index in [-0.39, 0.29) is 0 Å². The lowest BCUT2D eigenvalue weighted by Crippen LogP contribution is -1.74. The van der Waals surface area contributed by atoms with Crippen LogP contribution in [0.1, 0.15) is 0 Å². The van der Waals surface area contributed by atoms with Crippen LogP contribution >= 0.6 is 27.5 Å². The SMILES string of the molecule is Clc1ccc(-c2cnco2)cc1Br. The Bertz CT molecular complexity index is 414. The minimum absolute atomic E-state index is 0.684. The second kappa shape index (κ2) is 3.52. The molecule has 0 unspecified atom stereocenters. The van der Waals surface area contributed by atoms with Crippen LogP contribution in [-0.4, -0.2) is 4.98 Å². The van der Waals surface area contributed by atoms with Gasteiger partial charge < -0.3 is 4.42 Å². The van der Waals surface area contributed by atoms with Crippen molar-refractivity contribution < 1.29 is 4.42 Å². The quantitative estimate of drug-likeness (QED) is 0.778. The summed E-state index contributed by atoms with van der Waals surface area (Å²) < 4.78 is 5.99. The van der Waals surface area contributed by atoms with Gasteiger partial charge in [-0.3, -0.25) is 0 Å². The van der Waals surface area contributed by atoms with Gasteiger partial charge in [-0.2, -0.15) is 0 Å². The fourth-order valence-electron chi connectivity index (χ4n) is 1.01. The first kappa shape index (κ1) is 8.78. The van der Waals surface area contributed by atoms with Gasteiger partial charge in [-0.05, 0) is 34.1 Å². The first-order valence-corrected chi connectivity index (χ1v) is 4.78. The first-order valence-electron chi connectivity index (χ1n) is 3.61. The molecule has 66 valence electrons. The van der Waals surface area contributed by atoms with Crippen molar-refractivity contribution in [2.45, 2.75) is 0 Å². The predicted octanol–water partition coefficient (Wildman–Crippen LogP) is 3.76. The van der Waals surface area contributed by atoms with E-state index < -0.39 is 0 Å². The Hall–Kier alpha value is -0.800. The second-order valence-corrected chi connectivity index (χ2v) is 3.76. The van der Waals surface area contributed by atoms with E-state index in [0.29, 0.717) is 5.02 Å². The Kier molecular flexibility index (Phi) is 2.38. The summed E-state index contributed by atoms with van der Waals surface area (Å²) in [5.74, 6) is 0.734. The molecule has 4 heteroatoms. The fraction of sp³-hybridized carbons (Fsp3) is 0. The van der Waals surface area contributed by atoms with E-state index in [9.17, 15) is 0 Å². The minimum atomic E-state index is 0.684. The van der Waals surface area contributed by atoms with Gasteiger partial charge in [-0.15, -0.1) is 0 Å². The van der Waals surface area contributed by atoms with Gasteiger partial charge in [0.05, 0.1) is 11.2 Å². The van der Waals surface area contributed by atoms with Crippen molar-refractivity contribution in [2.24, 2.45) is 0 Å². The molecular formula is C9H5BrClNO. The zero-order valence-electron chi connectivity index (χ0n) is 6.50. The molecule has 1 heterocycles. The zero-order chi connectivity index (χ0) is 9.26. The van der Waals surface area contributed by atoms with Gasteiger partial charge in [0, 0.05) is 10.0 Å². The largest absolute Gasteiger partial charge is 0.444 e. The van der Waals surface area contributed by atoms with Crippen LogP contribution in [0, 0.1) is 0 Å². The summed E-state index contributed by atoms with van der Waals surface area (Å²) >= 11 is 9.19. The van der Waals surface area contributed by atoms with Crippen molar-refractivity contribution in [2.75, 3.05) is 0 Å². The van der Waals surface area contributed by atoms with E-state index in [0.717, 1.165) is 15.8 Å². The molecular weight excluding hydrogens is 253 g/mol. The van der Waals surface area contributed by atoms with Crippen molar-refractivity contribution in [3.63, 3.8) is 0 Å². The standard InChI is InChI=1S/C9H5BrClNO/c10-7-3-6(1-2-8(7)11)9-4-12-5-13-9/h1-5H. The Balaban J connectivity index is 2.49. The van der Waals surface area contributed by atoms with Crippen molar-refractivity contribution in [1.82, 2.24) is 4.98 Å². The third-order valence-electron chi connectivity index (χ3n) is 1.64. The zero-order valence-corrected chi connectivity index (χ0v) is 8.84. The first-order chi connectivity index (χ1) is 6.27. The smallest absolute Gasteiger partial charge is 0.181 e. The molecule has 0 bridgehead atoms. The van der Waals surface area contributed by atoms with Gasteiger partial charge in [0.25, 0.3) is 0 Å². The van der Waals surface area contributed by atoms with Gasteiger partial charge in [0.15, 0.2) is 12.2 Å². The monoisotopic (exact) mass is 257 g/mol. The average Bonchev–Trinajstić information content (AvgIpc) is 2.62. The minimum Gasteiger partial charge on any atom is -0.444 e. The second-order valence-electron chi connectivity index (χ2n) is 2.49. The molecule has 2 rings (SSSR count). The third-order valence-corrected chi connectivity index (χ3v) is 2.85. The summed E-state index contributed by atoms with van der Waals surface area (Å²) in [6.45, 7) is 0. The molecule has 1 aromatic heterocycles. The van der Waals surface area contributed by atoms with Crippen LogP contribution in [-0.2, 0) is 0 Å². The summed E-state index contributed by atoms with van der Waals surface area (Å²) in [6.07, 6.45) is 3.06.